The molecule has 6 heteroatoms. The zero-order valence-corrected chi connectivity index (χ0v) is 11.2. The highest BCUT2D eigenvalue weighted by Gasteiger charge is 2.20. The summed E-state index contributed by atoms with van der Waals surface area (Å²) in [5, 5.41) is 0.585. The van der Waals surface area contributed by atoms with Crippen LogP contribution in [0.2, 0.25) is 5.15 Å². The second-order valence-corrected chi connectivity index (χ2v) is 4.85. The summed E-state index contributed by atoms with van der Waals surface area (Å²) in [6, 6.07) is 5.63. The number of nitrogens with two attached hydrogens (primary N) is 1. The first-order chi connectivity index (χ1) is 9.15. The van der Waals surface area contributed by atoms with Gasteiger partial charge in [0, 0.05) is 18.7 Å². The molecule has 0 saturated carbocycles. The summed E-state index contributed by atoms with van der Waals surface area (Å²) in [6.45, 7) is 0.877. The van der Waals surface area contributed by atoms with Crippen LogP contribution in [0.3, 0.4) is 0 Å². The molecular weight excluding hydrogens is 266 g/mol. The summed E-state index contributed by atoms with van der Waals surface area (Å²) >= 11 is 5.91. The van der Waals surface area contributed by atoms with Gasteiger partial charge in [0.15, 0.2) is 0 Å². The van der Waals surface area contributed by atoms with E-state index in [1.807, 2.05) is 25.2 Å². The Balaban J connectivity index is 1.73. The molecule has 0 amide bonds. The highest BCUT2D eigenvalue weighted by atomic mass is 35.5. The number of hydrogen-bond acceptors (Lipinski definition) is 4. The number of hydrogen-bond donors (Lipinski definition) is 1. The third-order valence-corrected chi connectivity index (χ3v) is 3.55. The van der Waals surface area contributed by atoms with E-state index in [0.29, 0.717) is 18.4 Å². The molecular formula is C13H14ClN3O2. The number of aromatic nitrogens is 2. The Hall–Kier alpha value is -1.72. The lowest BCUT2D eigenvalue weighted by atomic mass is 10.1. The van der Waals surface area contributed by atoms with Crippen molar-refractivity contribution in [2.75, 3.05) is 6.61 Å². The van der Waals surface area contributed by atoms with Crippen LogP contribution in [0.15, 0.2) is 24.4 Å². The molecule has 0 saturated heterocycles. The Bertz CT molecular complexity index is 612. The predicted molar refractivity (Wildman–Crippen MR) is 71.4 cm³/mol. The Kier molecular flexibility index (Phi) is 3.08. The number of ether oxygens (including phenoxy) is 2. The minimum atomic E-state index is -0.0441. The van der Waals surface area contributed by atoms with Crippen LogP contribution in [0.1, 0.15) is 17.4 Å². The van der Waals surface area contributed by atoms with E-state index in [0.717, 1.165) is 22.9 Å². The van der Waals surface area contributed by atoms with Crippen LogP contribution in [-0.2, 0) is 13.7 Å². The van der Waals surface area contributed by atoms with Gasteiger partial charge in [-0.2, -0.15) is 0 Å². The maximum absolute atomic E-state index is 5.91. The normalized spacial score (nSPS) is 17.1. The third-order valence-electron chi connectivity index (χ3n) is 3.20. The average molecular weight is 280 g/mol. The summed E-state index contributed by atoms with van der Waals surface area (Å²) in [5.41, 5.74) is 6.91. The fourth-order valence-electron chi connectivity index (χ4n) is 2.01. The van der Waals surface area contributed by atoms with Crippen molar-refractivity contribution in [3.8, 4) is 11.5 Å². The smallest absolute Gasteiger partial charge is 0.147 e. The van der Waals surface area contributed by atoms with Gasteiger partial charge in [-0.3, -0.25) is 0 Å². The van der Waals surface area contributed by atoms with Crippen LogP contribution in [0.4, 0.5) is 0 Å². The van der Waals surface area contributed by atoms with E-state index >= 15 is 0 Å². The lowest BCUT2D eigenvalue weighted by Crippen LogP contribution is -2.10. The summed E-state index contributed by atoms with van der Waals surface area (Å²) in [7, 11) is 1.85. The highest BCUT2D eigenvalue weighted by molar-refractivity contribution is 6.29. The molecule has 0 radical (unpaired) electrons. The van der Waals surface area contributed by atoms with E-state index in [9.17, 15) is 0 Å². The molecule has 19 heavy (non-hydrogen) atoms. The van der Waals surface area contributed by atoms with Gasteiger partial charge in [0.1, 0.15) is 35.7 Å². The lowest BCUT2D eigenvalue weighted by Gasteiger charge is -2.08. The van der Waals surface area contributed by atoms with Crippen LogP contribution in [-0.4, -0.2) is 16.2 Å². The van der Waals surface area contributed by atoms with E-state index in [4.69, 9.17) is 26.8 Å². The summed E-state index contributed by atoms with van der Waals surface area (Å²) in [6.07, 6.45) is 1.60. The van der Waals surface area contributed by atoms with Gasteiger partial charge in [-0.05, 0) is 12.1 Å². The van der Waals surface area contributed by atoms with Gasteiger partial charge in [0.2, 0.25) is 0 Å². The molecule has 0 fully saturated rings. The van der Waals surface area contributed by atoms with E-state index in [1.165, 1.54) is 0 Å². The number of rotatable bonds is 3. The van der Waals surface area contributed by atoms with Crippen LogP contribution < -0.4 is 15.2 Å². The van der Waals surface area contributed by atoms with Crippen molar-refractivity contribution in [3.05, 3.63) is 40.9 Å². The van der Waals surface area contributed by atoms with Gasteiger partial charge >= 0.3 is 0 Å². The molecule has 1 aliphatic rings. The third kappa shape index (κ3) is 2.27. The van der Waals surface area contributed by atoms with Gasteiger partial charge in [-0.1, -0.05) is 11.6 Å². The number of halogens is 1. The van der Waals surface area contributed by atoms with E-state index < -0.39 is 0 Å². The fraction of sp³-hybridized carbons (Fsp3) is 0.308. The summed E-state index contributed by atoms with van der Waals surface area (Å²) in [4.78, 5) is 4.17. The van der Waals surface area contributed by atoms with E-state index in [2.05, 4.69) is 4.98 Å². The molecule has 1 atom stereocenters. The minimum absolute atomic E-state index is 0.0441. The molecule has 2 aromatic rings. The SMILES string of the molecule is Cn1c(Cl)cnc1COc1ccc2c(c1)OCC2N. The molecule has 1 unspecified atom stereocenters. The first-order valence-corrected chi connectivity index (χ1v) is 6.34. The van der Waals surface area contributed by atoms with Crippen molar-refractivity contribution in [1.82, 2.24) is 9.55 Å². The fourth-order valence-corrected chi connectivity index (χ4v) is 2.16. The summed E-state index contributed by atoms with van der Waals surface area (Å²) in [5.74, 6) is 2.29. The van der Waals surface area contributed by atoms with Gasteiger partial charge < -0.3 is 19.8 Å². The number of fused-ring (bicyclic) bond motifs is 1. The first-order valence-electron chi connectivity index (χ1n) is 5.96. The Labute approximate surface area is 115 Å². The number of benzene rings is 1. The molecule has 0 aliphatic carbocycles. The number of imidazole rings is 1. The Morgan fingerprint density at radius 3 is 3.16 bits per heavy atom. The van der Waals surface area contributed by atoms with Crippen molar-refractivity contribution in [2.24, 2.45) is 12.8 Å². The zero-order chi connectivity index (χ0) is 13.4. The zero-order valence-electron chi connectivity index (χ0n) is 10.5. The molecule has 3 rings (SSSR count). The van der Waals surface area contributed by atoms with Gasteiger partial charge in [0.25, 0.3) is 0 Å². The van der Waals surface area contributed by atoms with Crippen molar-refractivity contribution in [2.45, 2.75) is 12.6 Å². The maximum atomic E-state index is 5.91. The molecule has 1 aromatic heterocycles. The van der Waals surface area contributed by atoms with E-state index in [1.54, 1.807) is 10.8 Å². The largest absolute Gasteiger partial charge is 0.491 e. The standard InChI is InChI=1S/C13H14ClN3O2/c1-17-12(14)5-16-13(17)7-18-8-2-3-9-10(15)6-19-11(9)4-8/h2-5,10H,6-7,15H2,1H3. The van der Waals surface area contributed by atoms with Gasteiger partial charge in [-0.15, -0.1) is 0 Å². The van der Waals surface area contributed by atoms with Crippen LogP contribution >= 0.6 is 11.6 Å². The van der Waals surface area contributed by atoms with Crippen LogP contribution in [0.5, 0.6) is 11.5 Å². The monoisotopic (exact) mass is 279 g/mol. The van der Waals surface area contributed by atoms with Gasteiger partial charge in [0.05, 0.1) is 12.2 Å². The van der Waals surface area contributed by atoms with Crippen LogP contribution in [0.25, 0.3) is 0 Å². The van der Waals surface area contributed by atoms with Crippen molar-refractivity contribution in [1.29, 1.82) is 0 Å². The summed E-state index contributed by atoms with van der Waals surface area (Å²) < 4.78 is 12.9. The van der Waals surface area contributed by atoms with Crippen LogP contribution in [0, 0.1) is 0 Å². The van der Waals surface area contributed by atoms with Gasteiger partial charge in [-0.25, -0.2) is 4.98 Å². The second-order valence-electron chi connectivity index (χ2n) is 4.46. The first kappa shape index (κ1) is 12.3. The molecule has 2 N–H and O–H groups in total. The van der Waals surface area contributed by atoms with Crippen molar-refractivity contribution in [3.63, 3.8) is 0 Å². The molecule has 0 bridgehead atoms. The Morgan fingerprint density at radius 2 is 2.42 bits per heavy atom. The molecule has 0 spiro atoms. The van der Waals surface area contributed by atoms with E-state index in [-0.39, 0.29) is 6.04 Å². The molecule has 5 nitrogen and oxygen atoms in total. The van der Waals surface area contributed by atoms with Crippen molar-refractivity contribution >= 4 is 11.6 Å². The molecule has 1 aliphatic heterocycles. The predicted octanol–water partition coefficient (Wildman–Crippen LogP) is 2.04. The minimum Gasteiger partial charge on any atom is -0.491 e. The molecule has 2 heterocycles. The second kappa shape index (κ2) is 4.75. The average Bonchev–Trinajstić information content (AvgIpc) is 2.93. The Morgan fingerprint density at radius 1 is 1.58 bits per heavy atom. The molecule has 1 aromatic carbocycles. The highest BCUT2D eigenvalue weighted by Crippen LogP contribution is 2.34. The van der Waals surface area contributed by atoms with Crippen molar-refractivity contribution < 1.29 is 9.47 Å². The molecule has 100 valence electrons. The quantitative estimate of drug-likeness (QED) is 0.934. The lowest BCUT2D eigenvalue weighted by molar-refractivity contribution is 0.288. The maximum Gasteiger partial charge on any atom is 0.147 e. The topological polar surface area (TPSA) is 62.3 Å². The number of nitrogens with zero attached hydrogens (tertiary/aromatic N) is 2.